The van der Waals surface area contributed by atoms with Crippen molar-refractivity contribution < 1.29 is 18.3 Å². The molecule has 0 unspecified atom stereocenters. The lowest BCUT2D eigenvalue weighted by atomic mass is 10.1. The summed E-state index contributed by atoms with van der Waals surface area (Å²) in [7, 11) is 1.37. The monoisotopic (exact) mass is 291 g/mol. The van der Waals surface area contributed by atoms with E-state index in [9.17, 15) is 13.6 Å². The van der Waals surface area contributed by atoms with Gasteiger partial charge in [0.05, 0.1) is 13.5 Å². The summed E-state index contributed by atoms with van der Waals surface area (Å²) in [5, 5.41) is 2.57. The number of nitrogens with one attached hydrogen (secondary N) is 1. The van der Waals surface area contributed by atoms with Crippen LogP contribution in [-0.4, -0.2) is 13.0 Å². The van der Waals surface area contributed by atoms with Gasteiger partial charge in [-0.15, -0.1) is 0 Å². The minimum Gasteiger partial charge on any atom is -0.494 e. The third kappa shape index (κ3) is 3.78. The number of hydrogen-bond acceptors (Lipinski definition) is 2. The number of halogens is 2. The molecule has 2 rings (SSSR count). The van der Waals surface area contributed by atoms with Crippen LogP contribution in [0.5, 0.6) is 5.75 Å². The molecule has 0 heterocycles. The molecule has 2 aromatic rings. The van der Waals surface area contributed by atoms with E-state index in [1.165, 1.54) is 25.3 Å². The Bertz CT molecular complexity index is 671. The molecule has 2 aromatic carbocycles. The summed E-state index contributed by atoms with van der Waals surface area (Å²) in [4.78, 5) is 11.9. The molecular formula is C16H15F2NO2. The van der Waals surface area contributed by atoms with Crippen molar-refractivity contribution >= 4 is 11.6 Å². The lowest BCUT2D eigenvalue weighted by Crippen LogP contribution is -2.14. The van der Waals surface area contributed by atoms with Crippen molar-refractivity contribution in [2.24, 2.45) is 0 Å². The molecule has 0 bridgehead atoms. The SMILES string of the molecule is COc1ccc(CC(=O)Nc2ccc(C)c(F)c2)cc1F. The van der Waals surface area contributed by atoms with Crippen molar-refractivity contribution in [3.05, 3.63) is 59.2 Å². The summed E-state index contributed by atoms with van der Waals surface area (Å²) in [6, 6.07) is 8.76. The molecule has 5 heteroatoms. The molecule has 0 fully saturated rings. The number of methoxy groups -OCH3 is 1. The highest BCUT2D eigenvalue weighted by molar-refractivity contribution is 5.92. The Kier molecular flexibility index (Phi) is 4.52. The third-order valence-electron chi connectivity index (χ3n) is 3.04. The number of rotatable bonds is 4. The number of hydrogen-bond donors (Lipinski definition) is 1. The van der Waals surface area contributed by atoms with Gasteiger partial charge in [-0.25, -0.2) is 8.78 Å². The number of aryl methyl sites for hydroxylation is 1. The van der Waals surface area contributed by atoms with Gasteiger partial charge in [-0.05, 0) is 42.3 Å². The van der Waals surface area contributed by atoms with E-state index in [4.69, 9.17) is 4.74 Å². The molecule has 0 atom stereocenters. The van der Waals surface area contributed by atoms with Crippen LogP contribution in [0, 0.1) is 18.6 Å². The van der Waals surface area contributed by atoms with Crippen LogP contribution in [0.4, 0.5) is 14.5 Å². The normalized spacial score (nSPS) is 10.3. The average molecular weight is 291 g/mol. The summed E-state index contributed by atoms with van der Waals surface area (Å²) in [6.45, 7) is 1.64. The molecule has 0 saturated carbocycles. The van der Waals surface area contributed by atoms with Gasteiger partial charge in [0.2, 0.25) is 5.91 Å². The van der Waals surface area contributed by atoms with Crippen molar-refractivity contribution in [1.29, 1.82) is 0 Å². The lowest BCUT2D eigenvalue weighted by molar-refractivity contribution is -0.115. The van der Waals surface area contributed by atoms with E-state index in [1.807, 2.05) is 0 Å². The van der Waals surface area contributed by atoms with Gasteiger partial charge < -0.3 is 10.1 Å². The smallest absolute Gasteiger partial charge is 0.228 e. The molecule has 0 spiro atoms. The Morgan fingerprint density at radius 2 is 1.90 bits per heavy atom. The second kappa shape index (κ2) is 6.35. The van der Waals surface area contributed by atoms with Crippen molar-refractivity contribution in [3.8, 4) is 5.75 Å². The first-order valence-electron chi connectivity index (χ1n) is 6.38. The van der Waals surface area contributed by atoms with E-state index in [0.717, 1.165) is 0 Å². The summed E-state index contributed by atoms with van der Waals surface area (Å²) in [5.74, 6) is -1.13. The number of amides is 1. The molecule has 0 aliphatic rings. The highest BCUT2D eigenvalue weighted by Gasteiger charge is 2.09. The standard InChI is InChI=1S/C16H15F2NO2/c1-10-3-5-12(9-13(10)17)19-16(20)8-11-4-6-15(21-2)14(18)7-11/h3-7,9H,8H2,1-2H3,(H,19,20). The van der Waals surface area contributed by atoms with E-state index in [-0.39, 0.29) is 23.9 Å². The number of carbonyl (C=O) groups is 1. The topological polar surface area (TPSA) is 38.3 Å². The van der Waals surface area contributed by atoms with E-state index in [1.54, 1.807) is 25.1 Å². The number of benzene rings is 2. The molecule has 110 valence electrons. The van der Waals surface area contributed by atoms with Gasteiger partial charge in [-0.2, -0.15) is 0 Å². The minimum absolute atomic E-state index is 0.00356. The van der Waals surface area contributed by atoms with Crippen LogP contribution in [-0.2, 0) is 11.2 Å². The molecule has 1 amide bonds. The highest BCUT2D eigenvalue weighted by Crippen LogP contribution is 2.19. The minimum atomic E-state index is -0.524. The first kappa shape index (κ1) is 15.0. The van der Waals surface area contributed by atoms with Gasteiger partial charge in [0.15, 0.2) is 11.6 Å². The molecule has 0 saturated heterocycles. The summed E-state index contributed by atoms with van der Waals surface area (Å²) in [6.07, 6.45) is -0.00356. The summed E-state index contributed by atoms with van der Waals surface area (Å²) >= 11 is 0. The van der Waals surface area contributed by atoms with Crippen LogP contribution in [0.15, 0.2) is 36.4 Å². The zero-order valence-corrected chi connectivity index (χ0v) is 11.7. The quantitative estimate of drug-likeness (QED) is 0.936. The molecule has 0 aromatic heterocycles. The van der Waals surface area contributed by atoms with E-state index < -0.39 is 5.82 Å². The van der Waals surface area contributed by atoms with Crippen molar-refractivity contribution in [1.82, 2.24) is 0 Å². The predicted molar refractivity (Wildman–Crippen MR) is 76.4 cm³/mol. The molecule has 0 radical (unpaired) electrons. The Hall–Kier alpha value is -2.43. The zero-order valence-electron chi connectivity index (χ0n) is 11.7. The highest BCUT2D eigenvalue weighted by atomic mass is 19.1. The van der Waals surface area contributed by atoms with Crippen LogP contribution in [0.1, 0.15) is 11.1 Å². The Balaban J connectivity index is 2.04. The fourth-order valence-electron chi connectivity index (χ4n) is 1.88. The molecule has 0 aliphatic carbocycles. The first-order valence-corrected chi connectivity index (χ1v) is 6.38. The number of anilines is 1. The fraction of sp³-hybridized carbons (Fsp3) is 0.188. The maximum Gasteiger partial charge on any atom is 0.228 e. The van der Waals surface area contributed by atoms with Crippen LogP contribution >= 0.6 is 0 Å². The largest absolute Gasteiger partial charge is 0.494 e. The zero-order chi connectivity index (χ0) is 15.4. The predicted octanol–water partition coefficient (Wildman–Crippen LogP) is 3.46. The number of ether oxygens (including phenoxy) is 1. The number of carbonyl (C=O) groups excluding carboxylic acids is 1. The Morgan fingerprint density at radius 1 is 1.14 bits per heavy atom. The van der Waals surface area contributed by atoms with Gasteiger partial charge >= 0.3 is 0 Å². The molecule has 0 aliphatic heterocycles. The van der Waals surface area contributed by atoms with Crippen LogP contribution in [0.25, 0.3) is 0 Å². The molecule has 21 heavy (non-hydrogen) atoms. The van der Waals surface area contributed by atoms with Gasteiger partial charge in [0.25, 0.3) is 0 Å². The van der Waals surface area contributed by atoms with Crippen LogP contribution in [0.2, 0.25) is 0 Å². The molecular weight excluding hydrogens is 276 g/mol. The van der Waals surface area contributed by atoms with Gasteiger partial charge in [0, 0.05) is 5.69 Å². The van der Waals surface area contributed by atoms with Crippen molar-refractivity contribution in [2.45, 2.75) is 13.3 Å². The lowest BCUT2D eigenvalue weighted by Gasteiger charge is -2.08. The van der Waals surface area contributed by atoms with Crippen molar-refractivity contribution in [3.63, 3.8) is 0 Å². The van der Waals surface area contributed by atoms with Gasteiger partial charge in [0.1, 0.15) is 5.82 Å². The molecule has 1 N–H and O–H groups in total. The Morgan fingerprint density at radius 3 is 2.52 bits per heavy atom. The van der Waals surface area contributed by atoms with Crippen LogP contribution in [0.3, 0.4) is 0 Å². The summed E-state index contributed by atoms with van der Waals surface area (Å²) in [5.41, 5.74) is 1.39. The second-order valence-corrected chi connectivity index (χ2v) is 4.66. The van der Waals surface area contributed by atoms with E-state index in [0.29, 0.717) is 16.8 Å². The van der Waals surface area contributed by atoms with E-state index >= 15 is 0 Å². The van der Waals surface area contributed by atoms with Crippen LogP contribution < -0.4 is 10.1 Å². The first-order chi connectivity index (χ1) is 9.99. The maximum atomic E-state index is 13.5. The second-order valence-electron chi connectivity index (χ2n) is 4.66. The summed E-state index contributed by atoms with van der Waals surface area (Å²) < 4.78 is 31.7. The van der Waals surface area contributed by atoms with Crippen molar-refractivity contribution in [2.75, 3.05) is 12.4 Å². The van der Waals surface area contributed by atoms with Gasteiger partial charge in [-0.1, -0.05) is 12.1 Å². The maximum absolute atomic E-state index is 13.5. The van der Waals surface area contributed by atoms with Gasteiger partial charge in [-0.3, -0.25) is 4.79 Å². The fourth-order valence-corrected chi connectivity index (χ4v) is 1.88. The van der Waals surface area contributed by atoms with E-state index in [2.05, 4.69) is 5.32 Å². The Labute approximate surface area is 121 Å². The average Bonchev–Trinajstić information content (AvgIpc) is 2.43. The molecule has 3 nitrogen and oxygen atoms in total. The third-order valence-corrected chi connectivity index (χ3v) is 3.04.